The van der Waals surface area contributed by atoms with Gasteiger partial charge in [-0.1, -0.05) is 23.8 Å². The molecule has 1 amide bonds. The number of aryl methyl sites for hydroxylation is 2. The van der Waals surface area contributed by atoms with Gasteiger partial charge in [-0.2, -0.15) is 0 Å². The van der Waals surface area contributed by atoms with Gasteiger partial charge in [0.1, 0.15) is 11.5 Å². The lowest BCUT2D eigenvalue weighted by molar-refractivity contribution is 0.215. The van der Waals surface area contributed by atoms with Crippen molar-refractivity contribution >= 4 is 11.8 Å². The van der Waals surface area contributed by atoms with Gasteiger partial charge in [0.25, 0.3) is 0 Å². The number of pyridine rings is 1. The number of aromatic nitrogens is 1. The third kappa shape index (κ3) is 4.00. The maximum Gasteiger partial charge on any atom is 0.417 e. The molecular formula is C21H20N2O3. The number of nitrogens with one attached hydrogen (secondary N) is 1. The summed E-state index contributed by atoms with van der Waals surface area (Å²) < 4.78 is 10.7. The van der Waals surface area contributed by atoms with Gasteiger partial charge < -0.3 is 9.47 Å². The molecule has 3 rings (SSSR count). The first-order chi connectivity index (χ1) is 12.6. The molecule has 1 N–H and O–H groups in total. The van der Waals surface area contributed by atoms with Gasteiger partial charge in [-0.05, 0) is 49.7 Å². The van der Waals surface area contributed by atoms with Crippen molar-refractivity contribution < 1.29 is 14.3 Å². The van der Waals surface area contributed by atoms with E-state index in [2.05, 4.69) is 16.4 Å². The van der Waals surface area contributed by atoms with Crippen LogP contribution in [0, 0.1) is 13.8 Å². The second-order valence-corrected chi connectivity index (χ2v) is 5.94. The summed E-state index contributed by atoms with van der Waals surface area (Å²) >= 11 is 0. The Bertz CT molecular complexity index is 921. The summed E-state index contributed by atoms with van der Waals surface area (Å²) in [4.78, 5) is 16.0. The summed E-state index contributed by atoms with van der Waals surface area (Å²) in [5.74, 6) is 1.29. The van der Waals surface area contributed by atoms with E-state index in [0.29, 0.717) is 11.4 Å². The largest absolute Gasteiger partial charge is 0.496 e. The van der Waals surface area contributed by atoms with Crippen LogP contribution in [0.1, 0.15) is 11.1 Å². The number of hydrogen-bond donors (Lipinski definition) is 1. The van der Waals surface area contributed by atoms with Gasteiger partial charge in [-0.15, -0.1) is 0 Å². The smallest absolute Gasteiger partial charge is 0.417 e. The highest BCUT2D eigenvalue weighted by Gasteiger charge is 2.09. The van der Waals surface area contributed by atoms with E-state index in [4.69, 9.17) is 9.47 Å². The van der Waals surface area contributed by atoms with Gasteiger partial charge in [-0.3, -0.25) is 10.3 Å². The van der Waals surface area contributed by atoms with Crippen molar-refractivity contribution in [2.24, 2.45) is 0 Å². The molecule has 1 heterocycles. The lowest BCUT2D eigenvalue weighted by Gasteiger charge is -2.11. The van der Waals surface area contributed by atoms with Gasteiger partial charge in [0.2, 0.25) is 0 Å². The Hall–Kier alpha value is -3.34. The molecule has 0 fully saturated rings. The van der Waals surface area contributed by atoms with E-state index in [1.165, 1.54) is 0 Å². The molecule has 0 spiro atoms. The van der Waals surface area contributed by atoms with Crippen LogP contribution in [0.2, 0.25) is 0 Å². The van der Waals surface area contributed by atoms with Crippen molar-refractivity contribution in [2.75, 3.05) is 12.4 Å². The molecular weight excluding hydrogens is 328 g/mol. The van der Waals surface area contributed by atoms with Gasteiger partial charge in [0.05, 0.1) is 7.11 Å². The number of hydrogen-bond acceptors (Lipinski definition) is 4. The molecule has 0 saturated carbocycles. The second kappa shape index (κ2) is 7.70. The molecule has 5 nitrogen and oxygen atoms in total. The molecule has 0 aliphatic carbocycles. The van der Waals surface area contributed by atoms with Crippen LogP contribution in [0.5, 0.6) is 11.5 Å². The molecule has 0 aliphatic heterocycles. The Morgan fingerprint density at radius 2 is 1.77 bits per heavy atom. The number of benzene rings is 2. The monoisotopic (exact) mass is 348 g/mol. The first-order valence-electron chi connectivity index (χ1n) is 8.21. The van der Waals surface area contributed by atoms with Crippen LogP contribution in [0.15, 0.2) is 60.9 Å². The van der Waals surface area contributed by atoms with Crippen molar-refractivity contribution in [1.82, 2.24) is 4.98 Å². The highest BCUT2D eigenvalue weighted by atomic mass is 16.6. The average Bonchev–Trinajstić information content (AvgIpc) is 2.64. The summed E-state index contributed by atoms with van der Waals surface area (Å²) in [5, 5.41) is 2.72. The molecule has 2 aromatic carbocycles. The van der Waals surface area contributed by atoms with Gasteiger partial charge in [-0.25, -0.2) is 4.79 Å². The Balaban J connectivity index is 1.73. The van der Waals surface area contributed by atoms with Crippen molar-refractivity contribution in [1.29, 1.82) is 0 Å². The van der Waals surface area contributed by atoms with Crippen molar-refractivity contribution in [3.63, 3.8) is 0 Å². The number of carbonyl (C=O) groups is 1. The van der Waals surface area contributed by atoms with E-state index in [-0.39, 0.29) is 0 Å². The first-order valence-corrected chi connectivity index (χ1v) is 8.21. The molecule has 132 valence electrons. The number of ether oxygens (including phenoxy) is 2. The van der Waals surface area contributed by atoms with Crippen LogP contribution in [-0.2, 0) is 0 Å². The molecule has 5 heteroatoms. The van der Waals surface area contributed by atoms with Crippen molar-refractivity contribution in [3.8, 4) is 22.6 Å². The third-order valence-electron chi connectivity index (χ3n) is 3.97. The van der Waals surface area contributed by atoms with Crippen LogP contribution in [0.25, 0.3) is 11.1 Å². The summed E-state index contributed by atoms with van der Waals surface area (Å²) in [6.07, 6.45) is 2.69. The van der Waals surface area contributed by atoms with Crippen molar-refractivity contribution in [3.05, 3.63) is 72.1 Å². The van der Waals surface area contributed by atoms with E-state index >= 15 is 0 Å². The molecule has 0 aliphatic rings. The zero-order valence-electron chi connectivity index (χ0n) is 14.9. The SMILES string of the molecule is COc1ccc(C)cc1-c1ccc(NC(=O)Oc2ccncc2C)cc1. The highest BCUT2D eigenvalue weighted by Crippen LogP contribution is 2.31. The molecule has 0 atom stereocenters. The summed E-state index contributed by atoms with van der Waals surface area (Å²) in [5.41, 5.74) is 4.62. The molecule has 3 aromatic rings. The Morgan fingerprint density at radius 3 is 2.46 bits per heavy atom. The predicted octanol–water partition coefficient (Wildman–Crippen LogP) is 4.98. The minimum atomic E-state index is -0.541. The van der Waals surface area contributed by atoms with Gasteiger partial charge in [0, 0.05) is 29.2 Å². The third-order valence-corrected chi connectivity index (χ3v) is 3.97. The fourth-order valence-electron chi connectivity index (χ4n) is 2.60. The number of nitrogens with zero attached hydrogens (tertiary/aromatic N) is 1. The normalized spacial score (nSPS) is 10.3. The highest BCUT2D eigenvalue weighted by molar-refractivity contribution is 5.87. The minimum absolute atomic E-state index is 0.485. The fourth-order valence-corrected chi connectivity index (χ4v) is 2.60. The minimum Gasteiger partial charge on any atom is -0.496 e. The molecule has 0 unspecified atom stereocenters. The lowest BCUT2D eigenvalue weighted by Crippen LogP contribution is -2.17. The zero-order valence-corrected chi connectivity index (χ0v) is 14.9. The number of anilines is 1. The lowest BCUT2D eigenvalue weighted by atomic mass is 10.0. The average molecular weight is 348 g/mol. The van der Waals surface area contributed by atoms with Crippen LogP contribution >= 0.6 is 0 Å². The molecule has 1 aromatic heterocycles. The quantitative estimate of drug-likeness (QED) is 0.722. The Morgan fingerprint density at radius 1 is 1.00 bits per heavy atom. The van der Waals surface area contributed by atoms with E-state index in [1.54, 1.807) is 25.6 Å². The van der Waals surface area contributed by atoms with E-state index in [0.717, 1.165) is 28.0 Å². The Labute approximate surface area is 152 Å². The van der Waals surface area contributed by atoms with Crippen molar-refractivity contribution in [2.45, 2.75) is 13.8 Å². The predicted molar refractivity (Wildman–Crippen MR) is 102 cm³/mol. The second-order valence-electron chi connectivity index (χ2n) is 5.94. The molecule has 0 radical (unpaired) electrons. The van der Waals surface area contributed by atoms with Gasteiger partial charge >= 0.3 is 6.09 Å². The number of carbonyl (C=O) groups excluding carboxylic acids is 1. The van der Waals surface area contributed by atoms with Crippen LogP contribution in [0.3, 0.4) is 0 Å². The molecule has 26 heavy (non-hydrogen) atoms. The maximum absolute atomic E-state index is 12.1. The zero-order chi connectivity index (χ0) is 18.5. The van der Waals surface area contributed by atoms with E-state index in [1.807, 2.05) is 50.2 Å². The van der Waals surface area contributed by atoms with Crippen LogP contribution in [0.4, 0.5) is 10.5 Å². The van der Waals surface area contributed by atoms with Crippen LogP contribution < -0.4 is 14.8 Å². The summed E-state index contributed by atoms with van der Waals surface area (Å²) in [6.45, 7) is 3.87. The van der Waals surface area contributed by atoms with Crippen LogP contribution in [-0.4, -0.2) is 18.2 Å². The summed E-state index contributed by atoms with van der Waals surface area (Å²) in [6, 6.07) is 15.2. The maximum atomic E-state index is 12.1. The standard InChI is InChI=1S/C21H20N2O3/c1-14-4-9-20(25-3)18(12-14)16-5-7-17(8-6-16)23-21(24)26-19-10-11-22-13-15(19)2/h4-13H,1-3H3,(H,23,24). The topological polar surface area (TPSA) is 60.5 Å². The fraction of sp³-hybridized carbons (Fsp3) is 0.143. The number of methoxy groups -OCH3 is 1. The van der Waals surface area contributed by atoms with Gasteiger partial charge in [0.15, 0.2) is 0 Å². The van der Waals surface area contributed by atoms with E-state index < -0.39 is 6.09 Å². The summed E-state index contributed by atoms with van der Waals surface area (Å²) in [7, 11) is 1.65. The van der Waals surface area contributed by atoms with E-state index in [9.17, 15) is 4.79 Å². The molecule has 0 saturated heterocycles. The first kappa shape index (κ1) is 17.5. The Kier molecular flexibility index (Phi) is 5.17. The number of rotatable bonds is 4. The number of amides is 1. The molecule has 0 bridgehead atoms.